The molecular formula is C13H15ClN4O2. The van der Waals surface area contributed by atoms with Crippen molar-refractivity contribution in [2.45, 2.75) is 33.1 Å². The number of aryl methyl sites for hydroxylation is 1. The number of hydrogen-bond acceptors (Lipinski definition) is 4. The summed E-state index contributed by atoms with van der Waals surface area (Å²) in [5.74, 6) is -0.655. The normalized spacial score (nSPS) is 11.7. The molecule has 0 amide bonds. The van der Waals surface area contributed by atoms with Crippen LogP contribution in [0, 0.1) is 6.92 Å². The van der Waals surface area contributed by atoms with Crippen LogP contribution >= 0.6 is 11.6 Å². The molecule has 0 aromatic carbocycles. The first kappa shape index (κ1) is 14.5. The smallest absolute Gasteiger partial charge is 0.340 e. The monoisotopic (exact) mass is 294 g/mol. The molecule has 0 saturated carbocycles. The molecular weight excluding hydrogens is 280 g/mol. The van der Waals surface area contributed by atoms with Gasteiger partial charge >= 0.3 is 5.97 Å². The van der Waals surface area contributed by atoms with E-state index in [1.54, 1.807) is 6.07 Å². The Morgan fingerprint density at radius 2 is 2.00 bits per heavy atom. The largest absolute Gasteiger partial charge is 0.478 e. The third-order valence-corrected chi connectivity index (χ3v) is 3.11. The Morgan fingerprint density at radius 1 is 1.35 bits per heavy atom. The maximum Gasteiger partial charge on any atom is 0.340 e. The van der Waals surface area contributed by atoms with E-state index < -0.39 is 11.4 Å². The van der Waals surface area contributed by atoms with E-state index in [0.717, 1.165) is 5.69 Å². The van der Waals surface area contributed by atoms with E-state index in [1.807, 2.05) is 27.7 Å². The highest BCUT2D eigenvalue weighted by atomic mass is 35.5. The number of hydrogen-bond donors (Lipinski definition) is 1. The Bertz CT molecular complexity index is 673. The summed E-state index contributed by atoms with van der Waals surface area (Å²) in [5, 5.41) is 13.7. The maximum absolute atomic E-state index is 11.4. The van der Waals surface area contributed by atoms with Crippen molar-refractivity contribution in [1.82, 2.24) is 19.7 Å². The van der Waals surface area contributed by atoms with Crippen LogP contribution in [0.15, 0.2) is 12.4 Å². The van der Waals surface area contributed by atoms with E-state index in [4.69, 9.17) is 11.6 Å². The molecule has 0 aliphatic heterocycles. The zero-order valence-corrected chi connectivity index (χ0v) is 12.4. The average Bonchev–Trinajstić information content (AvgIpc) is 2.66. The van der Waals surface area contributed by atoms with Crippen LogP contribution in [0.4, 0.5) is 0 Å². The number of carboxylic acid groups (broad SMARTS) is 1. The topological polar surface area (TPSA) is 80.9 Å². The fourth-order valence-corrected chi connectivity index (χ4v) is 2.11. The van der Waals surface area contributed by atoms with Gasteiger partial charge in [-0.05, 0) is 6.92 Å². The van der Waals surface area contributed by atoms with Gasteiger partial charge in [-0.3, -0.25) is 0 Å². The Hall–Kier alpha value is -1.95. The van der Waals surface area contributed by atoms with Gasteiger partial charge in [0.1, 0.15) is 17.0 Å². The third-order valence-electron chi connectivity index (χ3n) is 2.76. The van der Waals surface area contributed by atoms with Crippen molar-refractivity contribution in [1.29, 1.82) is 0 Å². The molecule has 0 aliphatic carbocycles. The molecule has 2 aromatic rings. The van der Waals surface area contributed by atoms with E-state index >= 15 is 0 Å². The first-order chi connectivity index (χ1) is 9.21. The van der Waals surface area contributed by atoms with Gasteiger partial charge in [0, 0.05) is 17.2 Å². The lowest BCUT2D eigenvalue weighted by Gasteiger charge is -2.15. The minimum Gasteiger partial charge on any atom is -0.478 e. The Labute approximate surface area is 121 Å². The van der Waals surface area contributed by atoms with Gasteiger partial charge < -0.3 is 5.11 Å². The van der Waals surface area contributed by atoms with Gasteiger partial charge in [-0.1, -0.05) is 32.4 Å². The molecule has 2 aromatic heterocycles. The minimum absolute atomic E-state index is 0.00966. The van der Waals surface area contributed by atoms with E-state index in [0.29, 0.717) is 11.5 Å². The molecule has 7 heteroatoms. The summed E-state index contributed by atoms with van der Waals surface area (Å²) in [5.41, 5.74) is 0.738. The van der Waals surface area contributed by atoms with Gasteiger partial charge in [-0.15, -0.1) is 0 Å². The zero-order valence-electron chi connectivity index (χ0n) is 11.7. The van der Waals surface area contributed by atoms with Crippen molar-refractivity contribution >= 4 is 17.6 Å². The second kappa shape index (κ2) is 4.86. The number of carbonyl (C=O) groups is 1. The summed E-state index contributed by atoms with van der Waals surface area (Å²) in [6.07, 6.45) is 1.39. The standard InChI is InChI=1S/C13H15ClN4O2/c1-7-5-8(16-6-15-7)18-11(14)9(12(19)20)10(17-18)13(2,3)4/h5-6H,1-4H3,(H,19,20). The number of aromatic nitrogens is 4. The van der Waals surface area contributed by atoms with E-state index in [9.17, 15) is 9.90 Å². The number of rotatable bonds is 2. The quantitative estimate of drug-likeness (QED) is 0.921. The predicted octanol–water partition coefficient (Wildman–Crippen LogP) is 2.62. The van der Waals surface area contributed by atoms with Crippen LogP contribution in [0.5, 0.6) is 0 Å². The highest BCUT2D eigenvalue weighted by Crippen LogP contribution is 2.31. The summed E-state index contributed by atoms with van der Waals surface area (Å²) in [6, 6.07) is 1.69. The molecule has 1 N–H and O–H groups in total. The lowest BCUT2D eigenvalue weighted by molar-refractivity contribution is 0.0694. The molecule has 106 valence electrons. The fraction of sp³-hybridized carbons (Fsp3) is 0.385. The average molecular weight is 295 g/mol. The van der Waals surface area contributed by atoms with Gasteiger partial charge in [-0.2, -0.15) is 5.10 Å². The molecule has 0 fully saturated rings. The van der Waals surface area contributed by atoms with Gasteiger partial charge in [0.2, 0.25) is 0 Å². The molecule has 0 saturated heterocycles. The van der Waals surface area contributed by atoms with Crippen molar-refractivity contribution in [2.24, 2.45) is 0 Å². The number of halogens is 1. The molecule has 2 rings (SSSR count). The number of nitrogens with zero attached hydrogens (tertiary/aromatic N) is 4. The first-order valence-electron chi connectivity index (χ1n) is 6.03. The highest BCUT2D eigenvalue weighted by molar-refractivity contribution is 6.33. The van der Waals surface area contributed by atoms with Crippen LogP contribution in [0.2, 0.25) is 5.15 Å². The molecule has 2 heterocycles. The first-order valence-corrected chi connectivity index (χ1v) is 6.41. The van der Waals surface area contributed by atoms with Crippen LogP contribution in [0.3, 0.4) is 0 Å². The Morgan fingerprint density at radius 3 is 2.45 bits per heavy atom. The minimum atomic E-state index is -1.10. The van der Waals surface area contributed by atoms with Crippen LogP contribution in [0.25, 0.3) is 5.82 Å². The lowest BCUT2D eigenvalue weighted by atomic mass is 9.89. The van der Waals surface area contributed by atoms with Crippen molar-refractivity contribution in [3.8, 4) is 5.82 Å². The molecule has 0 bridgehead atoms. The van der Waals surface area contributed by atoms with Crippen LogP contribution in [-0.4, -0.2) is 30.8 Å². The van der Waals surface area contributed by atoms with Gasteiger partial charge in [-0.25, -0.2) is 19.4 Å². The highest BCUT2D eigenvalue weighted by Gasteiger charge is 2.30. The van der Waals surface area contributed by atoms with Crippen LogP contribution in [-0.2, 0) is 5.41 Å². The Balaban J connectivity index is 2.71. The third kappa shape index (κ3) is 2.51. The molecule has 0 spiro atoms. The van der Waals surface area contributed by atoms with E-state index in [2.05, 4.69) is 15.1 Å². The lowest BCUT2D eigenvalue weighted by Crippen LogP contribution is -2.16. The van der Waals surface area contributed by atoms with E-state index in [1.165, 1.54) is 11.0 Å². The number of carboxylic acids is 1. The fourth-order valence-electron chi connectivity index (χ4n) is 1.82. The summed E-state index contributed by atoms with van der Waals surface area (Å²) in [6.45, 7) is 7.46. The Kier molecular flexibility index (Phi) is 3.52. The predicted molar refractivity (Wildman–Crippen MR) is 74.6 cm³/mol. The number of aromatic carboxylic acids is 1. The van der Waals surface area contributed by atoms with Crippen molar-refractivity contribution < 1.29 is 9.90 Å². The summed E-state index contributed by atoms with van der Waals surface area (Å²) < 4.78 is 1.33. The van der Waals surface area contributed by atoms with Gasteiger partial charge in [0.25, 0.3) is 0 Å². The summed E-state index contributed by atoms with van der Waals surface area (Å²) >= 11 is 6.18. The van der Waals surface area contributed by atoms with Crippen LogP contribution < -0.4 is 0 Å². The molecule has 0 atom stereocenters. The second-order valence-corrected chi connectivity index (χ2v) is 5.86. The SMILES string of the molecule is Cc1cc(-n2nc(C(C)(C)C)c(C(=O)O)c2Cl)ncn1. The molecule has 6 nitrogen and oxygen atoms in total. The van der Waals surface area contributed by atoms with Crippen molar-refractivity contribution in [2.75, 3.05) is 0 Å². The van der Waals surface area contributed by atoms with E-state index in [-0.39, 0.29) is 10.7 Å². The van der Waals surface area contributed by atoms with Gasteiger partial charge in [0.15, 0.2) is 5.82 Å². The molecule has 20 heavy (non-hydrogen) atoms. The molecule has 0 aliphatic rings. The zero-order chi connectivity index (χ0) is 15.1. The summed E-state index contributed by atoms with van der Waals surface area (Å²) in [7, 11) is 0. The summed E-state index contributed by atoms with van der Waals surface area (Å²) in [4.78, 5) is 19.5. The molecule has 0 unspecified atom stereocenters. The van der Waals surface area contributed by atoms with Gasteiger partial charge in [0.05, 0.1) is 5.69 Å². The molecule has 0 radical (unpaired) electrons. The van der Waals surface area contributed by atoms with Crippen molar-refractivity contribution in [3.05, 3.63) is 34.5 Å². The van der Waals surface area contributed by atoms with Crippen LogP contribution in [0.1, 0.15) is 42.5 Å². The van der Waals surface area contributed by atoms with Crippen molar-refractivity contribution in [3.63, 3.8) is 0 Å². The maximum atomic E-state index is 11.4. The second-order valence-electron chi connectivity index (χ2n) is 5.50.